The van der Waals surface area contributed by atoms with Gasteiger partial charge in [-0.3, -0.25) is 0 Å². The van der Waals surface area contributed by atoms with Crippen molar-refractivity contribution in [3.63, 3.8) is 0 Å². The zero-order valence-electron chi connectivity index (χ0n) is 12.8. The van der Waals surface area contributed by atoms with Gasteiger partial charge in [0, 0.05) is 11.8 Å². The first-order valence-corrected chi connectivity index (χ1v) is 7.95. The lowest BCUT2D eigenvalue weighted by atomic mass is 9.60. The maximum atomic E-state index is 11.4. The van der Waals surface area contributed by atoms with Gasteiger partial charge >= 0.3 is 0 Å². The van der Waals surface area contributed by atoms with Gasteiger partial charge in [-0.15, -0.1) is 4.91 Å². The second-order valence-corrected chi connectivity index (χ2v) is 6.44. The summed E-state index contributed by atoms with van der Waals surface area (Å²) in [6.45, 7) is 2.14. The highest BCUT2D eigenvalue weighted by Crippen LogP contribution is 2.58. The zero-order valence-corrected chi connectivity index (χ0v) is 12.8. The van der Waals surface area contributed by atoms with Crippen LogP contribution in [-0.4, -0.2) is 0 Å². The van der Waals surface area contributed by atoms with Crippen LogP contribution in [0.3, 0.4) is 0 Å². The van der Waals surface area contributed by atoms with Gasteiger partial charge in [-0.2, -0.15) is 0 Å². The van der Waals surface area contributed by atoms with Gasteiger partial charge in [-0.1, -0.05) is 54.6 Å². The van der Waals surface area contributed by atoms with Gasteiger partial charge in [0.05, 0.1) is 0 Å². The molecule has 3 aliphatic carbocycles. The molecule has 0 fully saturated rings. The Balaban J connectivity index is 1.96. The van der Waals surface area contributed by atoms with Crippen LogP contribution in [-0.2, 0) is 0 Å². The summed E-state index contributed by atoms with van der Waals surface area (Å²) in [7, 11) is 0. The quantitative estimate of drug-likeness (QED) is 0.382. The van der Waals surface area contributed by atoms with E-state index in [1.807, 2.05) is 12.1 Å². The van der Waals surface area contributed by atoms with E-state index in [0.717, 1.165) is 5.56 Å². The lowest BCUT2D eigenvalue weighted by Gasteiger charge is -2.43. The summed E-state index contributed by atoms with van der Waals surface area (Å²) in [6.07, 6.45) is 0. The molecule has 0 N–H and O–H groups in total. The maximum absolute atomic E-state index is 11.4. The number of hydrogen-bond donors (Lipinski definition) is 0. The van der Waals surface area contributed by atoms with E-state index in [1.165, 1.54) is 33.4 Å². The minimum atomic E-state index is 0.120. The van der Waals surface area contributed by atoms with Crippen molar-refractivity contribution < 1.29 is 0 Å². The van der Waals surface area contributed by atoms with Crippen LogP contribution in [0.2, 0.25) is 0 Å². The Hall–Kier alpha value is -2.74. The van der Waals surface area contributed by atoms with Crippen molar-refractivity contribution in [3.05, 3.63) is 105 Å². The third-order valence-electron chi connectivity index (χ3n) is 5.39. The van der Waals surface area contributed by atoms with E-state index < -0.39 is 0 Å². The van der Waals surface area contributed by atoms with E-state index in [4.69, 9.17) is 0 Å². The van der Waals surface area contributed by atoms with Crippen LogP contribution in [0, 0.1) is 11.8 Å². The summed E-state index contributed by atoms with van der Waals surface area (Å²) in [4.78, 5) is 11.4. The van der Waals surface area contributed by atoms with Crippen molar-refractivity contribution in [1.82, 2.24) is 0 Å². The summed E-state index contributed by atoms with van der Waals surface area (Å²) in [6, 6.07) is 21.1. The minimum Gasteiger partial charge on any atom is -0.145 e. The van der Waals surface area contributed by atoms with Crippen molar-refractivity contribution >= 4 is 5.69 Å². The zero-order chi connectivity index (χ0) is 15.6. The second kappa shape index (κ2) is 4.39. The Morgan fingerprint density at radius 1 is 0.696 bits per heavy atom. The maximum Gasteiger partial charge on any atom is 0.112 e. The first kappa shape index (κ1) is 12.8. The summed E-state index contributed by atoms with van der Waals surface area (Å²) in [5.41, 5.74) is 9.60. The molecule has 0 aromatic heterocycles. The highest BCUT2D eigenvalue weighted by molar-refractivity contribution is 5.74. The average Bonchev–Trinajstić information content (AvgIpc) is 2.62. The minimum absolute atomic E-state index is 0.120. The van der Waals surface area contributed by atoms with E-state index in [9.17, 15) is 4.91 Å². The Labute approximate surface area is 134 Å². The summed E-state index contributed by atoms with van der Waals surface area (Å²) >= 11 is 0. The molecule has 0 amide bonds. The van der Waals surface area contributed by atoms with Crippen molar-refractivity contribution in [2.45, 2.75) is 18.8 Å². The highest BCUT2D eigenvalue weighted by atomic mass is 16.3. The smallest absolute Gasteiger partial charge is 0.112 e. The third kappa shape index (κ3) is 1.48. The molecule has 3 aliphatic rings. The number of rotatable bonds is 1. The van der Waals surface area contributed by atoms with E-state index in [1.54, 1.807) is 0 Å². The number of benzene rings is 3. The van der Waals surface area contributed by atoms with Crippen LogP contribution in [0.4, 0.5) is 5.69 Å². The van der Waals surface area contributed by atoms with Crippen LogP contribution < -0.4 is 0 Å². The predicted octanol–water partition coefficient (Wildman–Crippen LogP) is 5.38. The number of hydrogen-bond acceptors (Lipinski definition) is 2. The lowest BCUT2D eigenvalue weighted by Crippen LogP contribution is -2.28. The molecule has 0 aliphatic heterocycles. The van der Waals surface area contributed by atoms with Crippen molar-refractivity contribution in [2.75, 3.05) is 0 Å². The molecule has 6 rings (SSSR count). The van der Waals surface area contributed by atoms with E-state index >= 15 is 0 Å². The Bertz CT molecular complexity index is 926. The fourth-order valence-corrected chi connectivity index (χ4v) is 4.53. The Morgan fingerprint density at radius 2 is 1.17 bits per heavy atom. The van der Waals surface area contributed by atoms with Crippen molar-refractivity contribution in [1.29, 1.82) is 0 Å². The topological polar surface area (TPSA) is 29.4 Å². The molecule has 2 bridgehead atoms. The first-order chi connectivity index (χ1) is 11.3. The molecule has 2 heteroatoms. The van der Waals surface area contributed by atoms with Crippen LogP contribution >= 0.6 is 0 Å². The molecule has 110 valence electrons. The molecule has 0 saturated heterocycles. The largest absolute Gasteiger partial charge is 0.145 e. The second-order valence-electron chi connectivity index (χ2n) is 6.44. The molecular formula is C21H15NO. The van der Waals surface area contributed by atoms with Gasteiger partial charge in [0.25, 0.3) is 0 Å². The summed E-state index contributed by atoms with van der Waals surface area (Å²) < 4.78 is 0. The molecule has 3 aromatic carbocycles. The number of nitroso groups, excluding NO2 is 1. The van der Waals surface area contributed by atoms with E-state index in [0.29, 0.717) is 5.69 Å². The molecule has 3 aromatic rings. The average molecular weight is 297 g/mol. The number of nitrogens with zero attached hydrogens (tertiary/aromatic N) is 1. The lowest BCUT2D eigenvalue weighted by molar-refractivity contribution is 0.749. The summed E-state index contributed by atoms with van der Waals surface area (Å²) in [5.74, 6) is 0.332. The first-order valence-electron chi connectivity index (χ1n) is 7.95. The van der Waals surface area contributed by atoms with Crippen molar-refractivity contribution in [2.24, 2.45) is 5.18 Å². The summed E-state index contributed by atoms with van der Waals surface area (Å²) in [5, 5.41) is 3.34. The molecule has 0 saturated carbocycles. The van der Waals surface area contributed by atoms with Gasteiger partial charge in [0.15, 0.2) is 0 Å². The molecule has 0 atom stereocenters. The SMILES string of the molecule is Cc1ccc(N=O)c2c1C1c3ccccc3C2c2ccccc21. The van der Waals surface area contributed by atoms with E-state index in [2.05, 4.69) is 60.6 Å². The molecule has 2 nitrogen and oxygen atoms in total. The molecule has 0 heterocycles. The van der Waals surface area contributed by atoms with Crippen LogP contribution in [0.1, 0.15) is 50.8 Å². The van der Waals surface area contributed by atoms with Gasteiger partial charge in [0.1, 0.15) is 5.69 Å². The fraction of sp³-hybridized carbons (Fsp3) is 0.143. The van der Waals surface area contributed by atoms with Gasteiger partial charge in [-0.25, -0.2) is 0 Å². The van der Waals surface area contributed by atoms with Gasteiger partial charge < -0.3 is 0 Å². The van der Waals surface area contributed by atoms with Gasteiger partial charge in [-0.05, 0) is 57.1 Å². The molecule has 23 heavy (non-hydrogen) atoms. The standard InChI is InChI=1S/C21H15NO/c1-12-10-11-17(22-23)21-18(12)19-13-6-2-4-8-15(13)20(21)16-9-5-3-7-14(16)19/h2-11,19-20H,1H3. The normalized spacial score (nSPS) is 19.7. The van der Waals surface area contributed by atoms with E-state index in [-0.39, 0.29) is 11.8 Å². The van der Waals surface area contributed by atoms with Crippen LogP contribution in [0.5, 0.6) is 0 Å². The Morgan fingerprint density at radius 3 is 1.65 bits per heavy atom. The molecule has 0 unspecified atom stereocenters. The van der Waals surface area contributed by atoms with Crippen molar-refractivity contribution in [3.8, 4) is 0 Å². The molecular weight excluding hydrogens is 282 g/mol. The van der Waals surface area contributed by atoms with Crippen LogP contribution in [0.25, 0.3) is 0 Å². The number of aryl methyl sites for hydroxylation is 1. The predicted molar refractivity (Wildman–Crippen MR) is 91.4 cm³/mol. The third-order valence-corrected chi connectivity index (χ3v) is 5.39. The molecule has 0 radical (unpaired) electrons. The monoisotopic (exact) mass is 297 g/mol. The molecule has 0 spiro atoms. The Kier molecular flexibility index (Phi) is 2.44. The highest BCUT2D eigenvalue weighted by Gasteiger charge is 2.43. The fourth-order valence-electron chi connectivity index (χ4n) is 4.53. The van der Waals surface area contributed by atoms with Gasteiger partial charge in [0.2, 0.25) is 0 Å². The van der Waals surface area contributed by atoms with Crippen LogP contribution in [0.15, 0.2) is 65.8 Å².